The van der Waals surface area contributed by atoms with E-state index in [1.54, 1.807) is 12.1 Å². The molecular weight excluding hydrogens is 287 g/mol. The zero-order chi connectivity index (χ0) is 14.8. The molecule has 0 radical (unpaired) electrons. The van der Waals surface area contributed by atoms with Crippen molar-refractivity contribution in [1.82, 2.24) is 5.32 Å². The number of rotatable bonds is 5. The maximum atomic E-state index is 13.1. The lowest BCUT2D eigenvalue weighted by molar-refractivity contribution is 0.628. The monoisotopic (exact) mass is 304 g/mol. The third-order valence-electron chi connectivity index (χ3n) is 3.78. The van der Waals surface area contributed by atoms with E-state index < -0.39 is 0 Å². The average Bonchev–Trinajstić information content (AvgIpc) is 3.29. The minimum Gasteiger partial charge on any atom is -0.344 e. The molecule has 0 atom stereocenters. The summed E-state index contributed by atoms with van der Waals surface area (Å²) in [5.74, 6) is -0.223. The van der Waals surface area contributed by atoms with Crippen LogP contribution in [0.15, 0.2) is 42.5 Å². The van der Waals surface area contributed by atoms with Crippen molar-refractivity contribution in [1.29, 1.82) is 0 Å². The zero-order valence-corrected chi connectivity index (χ0v) is 12.7. The number of nitrogens with zero attached hydrogens (tertiary/aromatic N) is 1. The van der Waals surface area contributed by atoms with Crippen LogP contribution in [0.2, 0.25) is 5.02 Å². The number of anilines is 2. The van der Waals surface area contributed by atoms with Crippen molar-refractivity contribution in [2.75, 3.05) is 11.9 Å². The molecule has 0 heterocycles. The summed E-state index contributed by atoms with van der Waals surface area (Å²) in [6.07, 6.45) is 2.51. The molecule has 0 amide bonds. The van der Waals surface area contributed by atoms with Gasteiger partial charge in [0.1, 0.15) is 5.82 Å². The molecule has 0 aliphatic heterocycles. The molecule has 110 valence electrons. The van der Waals surface area contributed by atoms with Gasteiger partial charge in [-0.3, -0.25) is 0 Å². The van der Waals surface area contributed by atoms with Crippen LogP contribution in [0.25, 0.3) is 0 Å². The molecule has 4 heteroatoms. The highest BCUT2D eigenvalue weighted by Gasteiger charge is 2.21. The van der Waals surface area contributed by atoms with Crippen LogP contribution in [0.4, 0.5) is 15.8 Å². The fourth-order valence-electron chi connectivity index (χ4n) is 2.37. The Kier molecular flexibility index (Phi) is 4.13. The van der Waals surface area contributed by atoms with Crippen LogP contribution in [-0.2, 0) is 6.54 Å². The molecule has 1 saturated carbocycles. The van der Waals surface area contributed by atoms with E-state index in [0.29, 0.717) is 6.04 Å². The van der Waals surface area contributed by atoms with Crippen LogP contribution >= 0.6 is 11.6 Å². The van der Waals surface area contributed by atoms with Crippen LogP contribution in [0.1, 0.15) is 18.4 Å². The summed E-state index contributed by atoms with van der Waals surface area (Å²) < 4.78 is 13.1. The fraction of sp³-hybridized carbons (Fsp3) is 0.294. The molecule has 1 N–H and O–H groups in total. The van der Waals surface area contributed by atoms with Crippen LogP contribution < -0.4 is 10.2 Å². The van der Waals surface area contributed by atoms with Crippen molar-refractivity contribution in [2.24, 2.45) is 0 Å². The standard InChI is InChI=1S/C17H18ClFN2/c1-21(16-7-3-14(19)4-8-16)17-9-2-13(18)10-12(17)11-20-15-5-6-15/h2-4,7-10,15,20H,5-6,11H2,1H3. The first kappa shape index (κ1) is 14.4. The van der Waals surface area contributed by atoms with Crippen LogP contribution in [0, 0.1) is 5.82 Å². The van der Waals surface area contributed by atoms with Crippen LogP contribution in [0.5, 0.6) is 0 Å². The summed E-state index contributed by atoms with van der Waals surface area (Å²) in [5.41, 5.74) is 3.19. The molecule has 0 aromatic heterocycles. The molecule has 3 rings (SSSR count). The molecule has 0 unspecified atom stereocenters. The molecule has 1 aliphatic carbocycles. The highest BCUT2D eigenvalue weighted by atomic mass is 35.5. The van der Waals surface area contributed by atoms with Gasteiger partial charge in [-0.15, -0.1) is 0 Å². The summed E-state index contributed by atoms with van der Waals surface area (Å²) in [4.78, 5) is 2.06. The Morgan fingerprint density at radius 2 is 1.90 bits per heavy atom. The minimum atomic E-state index is -0.223. The maximum Gasteiger partial charge on any atom is 0.123 e. The van der Waals surface area contributed by atoms with E-state index >= 15 is 0 Å². The van der Waals surface area contributed by atoms with Gasteiger partial charge in [-0.2, -0.15) is 0 Å². The second kappa shape index (κ2) is 6.04. The summed E-state index contributed by atoms with van der Waals surface area (Å²) >= 11 is 6.12. The molecular formula is C17H18ClFN2. The predicted octanol–water partition coefficient (Wildman–Crippen LogP) is 4.50. The van der Waals surface area contributed by atoms with Gasteiger partial charge in [-0.05, 0) is 60.9 Å². The molecule has 1 aliphatic rings. The second-order valence-electron chi connectivity index (χ2n) is 5.46. The average molecular weight is 305 g/mol. The van der Waals surface area contributed by atoms with E-state index in [9.17, 15) is 4.39 Å². The van der Waals surface area contributed by atoms with Gasteiger partial charge >= 0.3 is 0 Å². The van der Waals surface area contributed by atoms with Gasteiger partial charge in [0, 0.05) is 36.0 Å². The quantitative estimate of drug-likeness (QED) is 0.875. The fourth-order valence-corrected chi connectivity index (χ4v) is 2.56. The van der Waals surface area contributed by atoms with Crippen molar-refractivity contribution < 1.29 is 4.39 Å². The second-order valence-corrected chi connectivity index (χ2v) is 5.90. The lowest BCUT2D eigenvalue weighted by Crippen LogP contribution is -2.19. The van der Waals surface area contributed by atoms with Gasteiger partial charge in [0.2, 0.25) is 0 Å². The molecule has 2 aromatic rings. The first-order valence-corrected chi connectivity index (χ1v) is 7.52. The van der Waals surface area contributed by atoms with Crippen molar-refractivity contribution >= 4 is 23.0 Å². The van der Waals surface area contributed by atoms with Gasteiger partial charge in [0.15, 0.2) is 0 Å². The first-order valence-electron chi connectivity index (χ1n) is 7.14. The van der Waals surface area contributed by atoms with Gasteiger partial charge in [-0.1, -0.05) is 11.6 Å². The summed E-state index contributed by atoms with van der Waals surface area (Å²) in [6.45, 7) is 0.798. The zero-order valence-electron chi connectivity index (χ0n) is 11.9. The van der Waals surface area contributed by atoms with E-state index in [2.05, 4.69) is 10.2 Å². The van der Waals surface area contributed by atoms with Gasteiger partial charge < -0.3 is 10.2 Å². The lowest BCUT2D eigenvalue weighted by Gasteiger charge is -2.23. The van der Waals surface area contributed by atoms with Crippen molar-refractivity contribution in [3.8, 4) is 0 Å². The molecule has 1 fully saturated rings. The number of halogens is 2. The van der Waals surface area contributed by atoms with E-state index in [-0.39, 0.29) is 5.82 Å². The Balaban J connectivity index is 1.86. The normalized spacial score (nSPS) is 14.2. The van der Waals surface area contributed by atoms with Crippen molar-refractivity contribution in [3.05, 3.63) is 58.9 Å². The predicted molar refractivity (Wildman–Crippen MR) is 85.8 cm³/mol. The van der Waals surface area contributed by atoms with E-state index in [1.165, 1.54) is 25.0 Å². The SMILES string of the molecule is CN(c1ccc(F)cc1)c1ccc(Cl)cc1CNC1CC1. The smallest absolute Gasteiger partial charge is 0.123 e. The summed E-state index contributed by atoms with van der Waals surface area (Å²) in [6, 6.07) is 13.0. The third-order valence-corrected chi connectivity index (χ3v) is 4.01. The topological polar surface area (TPSA) is 15.3 Å². The highest BCUT2D eigenvalue weighted by molar-refractivity contribution is 6.30. The molecule has 2 aromatic carbocycles. The first-order chi connectivity index (χ1) is 10.1. The highest BCUT2D eigenvalue weighted by Crippen LogP contribution is 2.30. The number of hydrogen-bond donors (Lipinski definition) is 1. The Morgan fingerprint density at radius 3 is 2.57 bits per heavy atom. The largest absolute Gasteiger partial charge is 0.344 e. The third kappa shape index (κ3) is 3.55. The molecule has 0 bridgehead atoms. The van der Waals surface area contributed by atoms with E-state index in [4.69, 9.17) is 11.6 Å². The Hall–Kier alpha value is -1.58. The van der Waals surface area contributed by atoms with E-state index in [1.807, 2.05) is 25.2 Å². The number of nitrogens with one attached hydrogen (secondary N) is 1. The van der Waals surface area contributed by atoms with Crippen molar-refractivity contribution in [3.63, 3.8) is 0 Å². The Morgan fingerprint density at radius 1 is 1.19 bits per heavy atom. The van der Waals surface area contributed by atoms with Gasteiger partial charge in [0.05, 0.1) is 0 Å². The van der Waals surface area contributed by atoms with E-state index in [0.717, 1.165) is 28.5 Å². The van der Waals surface area contributed by atoms with Gasteiger partial charge in [-0.25, -0.2) is 4.39 Å². The van der Waals surface area contributed by atoms with Crippen LogP contribution in [0.3, 0.4) is 0 Å². The number of hydrogen-bond acceptors (Lipinski definition) is 2. The molecule has 2 nitrogen and oxygen atoms in total. The summed E-state index contributed by atoms with van der Waals surface area (Å²) in [7, 11) is 1.98. The van der Waals surface area contributed by atoms with Gasteiger partial charge in [0.25, 0.3) is 0 Å². The van der Waals surface area contributed by atoms with Crippen LogP contribution in [-0.4, -0.2) is 13.1 Å². The molecule has 0 saturated heterocycles. The maximum absolute atomic E-state index is 13.1. The Bertz CT molecular complexity index is 623. The lowest BCUT2D eigenvalue weighted by atomic mass is 10.1. The minimum absolute atomic E-state index is 0.223. The summed E-state index contributed by atoms with van der Waals surface area (Å²) in [5, 5.41) is 4.25. The molecule has 0 spiro atoms. The van der Waals surface area contributed by atoms with Crippen molar-refractivity contribution in [2.45, 2.75) is 25.4 Å². The Labute approximate surface area is 129 Å². The number of benzene rings is 2. The molecule has 21 heavy (non-hydrogen) atoms.